The second kappa shape index (κ2) is 9.75. The van der Waals surface area contributed by atoms with Crippen LogP contribution in [0.5, 0.6) is 0 Å². The summed E-state index contributed by atoms with van der Waals surface area (Å²) in [7, 11) is -0.510. The van der Waals surface area contributed by atoms with Gasteiger partial charge in [-0.15, -0.1) is 0 Å². The van der Waals surface area contributed by atoms with Crippen LogP contribution in [0, 0.1) is 0 Å². The van der Waals surface area contributed by atoms with Gasteiger partial charge in [-0.05, 0) is 48.9 Å². The molecule has 2 aromatic rings. The molecule has 0 aliphatic carbocycles. The largest absolute Gasteiger partial charge is 0.416 e. The number of aliphatic imine (C=N–C) groups is 1. The van der Waals surface area contributed by atoms with Gasteiger partial charge in [0.1, 0.15) is 0 Å². The molecule has 3 N–H and O–H groups in total. The predicted octanol–water partition coefficient (Wildman–Crippen LogP) is 2.52. The molecular formula is C19H23F3N4O2S. The lowest BCUT2D eigenvalue weighted by molar-refractivity contribution is -0.137. The van der Waals surface area contributed by atoms with Crippen LogP contribution in [-0.2, 0) is 29.2 Å². The molecule has 0 aliphatic rings. The Bertz CT molecular complexity index is 925. The molecule has 0 unspecified atom stereocenters. The summed E-state index contributed by atoms with van der Waals surface area (Å²) in [5.74, 6) is 0.531. The van der Waals surface area contributed by atoms with Gasteiger partial charge >= 0.3 is 6.18 Å². The van der Waals surface area contributed by atoms with E-state index in [1.54, 1.807) is 19.2 Å². The fraction of sp³-hybridized carbons (Fsp3) is 0.316. The first kappa shape index (κ1) is 22.7. The highest BCUT2D eigenvalue weighted by atomic mass is 32.2. The molecule has 6 nitrogen and oxygen atoms in total. The molecule has 0 bridgehead atoms. The van der Waals surface area contributed by atoms with E-state index >= 15 is 0 Å². The Kier molecular flexibility index (Phi) is 7.63. The van der Waals surface area contributed by atoms with Gasteiger partial charge in [-0.2, -0.15) is 13.2 Å². The number of benzene rings is 2. The minimum absolute atomic E-state index is 0.183. The van der Waals surface area contributed by atoms with E-state index in [0.717, 1.165) is 23.3 Å². The number of rotatable bonds is 7. The van der Waals surface area contributed by atoms with Gasteiger partial charge < -0.3 is 10.6 Å². The zero-order chi connectivity index (χ0) is 21.5. The molecule has 0 aromatic heterocycles. The third-order valence-corrected chi connectivity index (χ3v) is 5.60. The Labute approximate surface area is 168 Å². The van der Waals surface area contributed by atoms with Crippen LogP contribution in [0.2, 0.25) is 0 Å². The molecule has 0 saturated heterocycles. The maximum Gasteiger partial charge on any atom is 0.416 e. The average molecular weight is 428 g/mol. The van der Waals surface area contributed by atoms with Crippen molar-refractivity contribution in [3.05, 3.63) is 65.2 Å². The Morgan fingerprint density at radius 3 is 2.07 bits per heavy atom. The van der Waals surface area contributed by atoms with Crippen molar-refractivity contribution < 1.29 is 21.6 Å². The van der Waals surface area contributed by atoms with Gasteiger partial charge in [0, 0.05) is 20.1 Å². The standard InChI is InChI=1S/C19H23F3N4O2S/c1-23-18(25-12-11-14-3-7-16(8-4-14)19(20,21)22)26-13-15-5-9-17(10-6-15)29(27,28)24-2/h3-10,24H,11-13H2,1-2H3,(H2,23,25,26). The molecule has 0 radical (unpaired) electrons. The summed E-state index contributed by atoms with van der Waals surface area (Å²) in [4.78, 5) is 4.27. The van der Waals surface area contributed by atoms with Crippen molar-refractivity contribution in [2.45, 2.75) is 24.0 Å². The normalized spacial score (nSPS) is 12.7. The first-order valence-corrected chi connectivity index (χ1v) is 10.3. The predicted molar refractivity (Wildman–Crippen MR) is 106 cm³/mol. The molecule has 0 atom stereocenters. The van der Waals surface area contributed by atoms with Crippen molar-refractivity contribution in [1.29, 1.82) is 0 Å². The fourth-order valence-electron chi connectivity index (χ4n) is 2.50. The first-order chi connectivity index (χ1) is 13.7. The van der Waals surface area contributed by atoms with E-state index in [4.69, 9.17) is 0 Å². The van der Waals surface area contributed by atoms with Gasteiger partial charge in [0.05, 0.1) is 10.5 Å². The van der Waals surface area contributed by atoms with Crippen molar-refractivity contribution in [2.24, 2.45) is 4.99 Å². The second-order valence-electron chi connectivity index (χ2n) is 6.15. The molecule has 0 saturated carbocycles. The van der Waals surface area contributed by atoms with Crippen LogP contribution in [-0.4, -0.2) is 35.0 Å². The lowest BCUT2D eigenvalue weighted by atomic mass is 10.1. The smallest absolute Gasteiger partial charge is 0.356 e. The Morgan fingerprint density at radius 2 is 1.55 bits per heavy atom. The van der Waals surface area contributed by atoms with E-state index in [1.165, 1.54) is 31.3 Å². The minimum atomic E-state index is -4.34. The summed E-state index contributed by atoms with van der Waals surface area (Å²) in [6, 6.07) is 11.5. The number of alkyl halides is 3. The monoisotopic (exact) mass is 428 g/mol. The molecule has 2 rings (SSSR count). The molecule has 29 heavy (non-hydrogen) atoms. The molecule has 0 aliphatic heterocycles. The Balaban J connectivity index is 1.82. The molecule has 158 valence electrons. The van der Waals surface area contributed by atoms with Gasteiger partial charge in [-0.25, -0.2) is 13.1 Å². The first-order valence-electron chi connectivity index (χ1n) is 8.79. The van der Waals surface area contributed by atoms with Crippen LogP contribution < -0.4 is 15.4 Å². The van der Waals surface area contributed by atoms with E-state index in [0.29, 0.717) is 25.5 Å². The highest BCUT2D eigenvalue weighted by molar-refractivity contribution is 7.89. The van der Waals surface area contributed by atoms with Gasteiger partial charge in [0.25, 0.3) is 0 Å². The van der Waals surface area contributed by atoms with Gasteiger partial charge in [-0.1, -0.05) is 24.3 Å². The van der Waals surface area contributed by atoms with Crippen LogP contribution in [0.15, 0.2) is 58.4 Å². The van der Waals surface area contributed by atoms with E-state index in [9.17, 15) is 21.6 Å². The summed E-state index contributed by atoms with van der Waals surface area (Å²) in [6.07, 6.45) is -3.80. The highest BCUT2D eigenvalue weighted by Crippen LogP contribution is 2.29. The highest BCUT2D eigenvalue weighted by Gasteiger charge is 2.29. The number of halogens is 3. The third-order valence-electron chi connectivity index (χ3n) is 4.17. The average Bonchev–Trinajstić information content (AvgIpc) is 2.70. The van der Waals surface area contributed by atoms with Crippen molar-refractivity contribution in [1.82, 2.24) is 15.4 Å². The molecule has 10 heteroatoms. The summed E-state index contributed by atoms with van der Waals surface area (Å²) in [5, 5.41) is 6.19. The summed E-state index contributed by atoms with van der Waals surface area (Å²) < 4.78 is 63.4. The molecular weight excluding hydrogens is 405 g/mol. The lowest BCUT2D eigenvalue weighted by Crippen LogP contribution is -2.37. The zero-order valence-corrected chi connectivity index (χ0v) is 16.9. The van der Waals surface area contributed by atoms with E-state index in [2.05, 4.69) is 20.3 Å². The second-order valence-corrected chi connectivity index (χ2v) is 8.04. The zero-order valence-electron chi connectivity index (χ0n) is 16.0. The number of hydrogen-bond acceptors (Lipinski definition) is 3. The van der Waals surface area contributed by atoms with Crippen molar-refractivity contribution in [3.8, 4) is 0 Å². The summed E-state index contributed by atoms with van der Waals surface area (Å²) in [6.45, 7) is 0.921. The molecule has 0 amide bonds. The SMILES string of the molecule is CN=C(NCCc1ccc(C(F)(F)F)cc1)NCc1ccc(S(=O)(=O)NC)cc1. The molecule has 0 heterocycles. The van der Waals surface area contributed by atoms with Crippen LogP contribution in [0.3, 0.4) is 0 Å². The molecule has 0 spiro atoms. The van der Waals surface area contributed by atoms with Crippen molar-refractivity contribution in [3.63, 3.8) is 0 Å². The van der Waals surface area contributed by atoms with Gasteiger partial charge in [-0.3, -0.25) is 4.99 Å². The number of sulfonamides is 1. The molecule has 0 fully saturated rings. The summed E-state index contributed by atoms with van der Waals surface area (Å²) in [5.41, 5.74) is 0.980. The maximum absolute atomic E-state index is 12.6. The minimum Gasteiger partial charge on any atom is -0.356 e. The maximum atomic E-state index is 12.6. The van der Waals surface area contributed by atoms with E-state index in [1.807, 2.05) is 0 Å². The quantitative estimate of drug-likeness (QED) is 0.468. The lowest BCUT2D eigenvalue weighted by Gasteiger charge is -2.13. The van der Waals surface area contributed by atoms with Gasteiger partial charge in [0.15, 0.2) is 5.96 Å². The third kappa shape index (κ3) is 6.75. The fourth-order valence-corrected chi connectivity index (χ4v) is 3.23. The van der Waals surface area contributed by atoms with Crippen LogP contribution >= 0.6 is 0 Å². The van der Waals surface area contributed by atoms with E-state index in [-0.39, 0.29) is 4.90 Å². The number of nitrogens with one attached hydrogen (secondary N) is 3. The Morgan fingerprint density at radius 1 is 0.966 bits per heavy atom. The number of hydrogen-bond donors (Lipinski definition) is 3. The molecule has 2 aromatic carbocycles. The van der Waals surface area contributed by atoms with Gasteiger partial charge in [0.2, 0.25) is 10.0 Å². The van der Waals surface area contributed by atoms with Crippen molar-refractivity contribution in [2.75, 3.05) is 20.6 Å². The summed E-state index contributed by atoms with van der Waals surface area (Å²) >= 11 is 0. The van der Waals surface area contributed by atoms with E-state index < -0.39 is 21.8 Å². The topological polar surface area (TPSA) is 82.6 Å². The Hall–Kier alpha value is -2.59. The van der Waals surface area contributed by atoms with Crippen molar-refractivity contribution >= 4 is 16.0 Å². The van der Waals surface area contributed by atoms with Crippen LogP contribution in [0.1, 0.15) is 16.7 Å². The van der Waals surface area contributed by atoms with Crippen LogP contribution in [0.25, 0.3) is 0 Å². The number of guanidine groups is 1. The number of nitrogens with zero attached hydrogens (tertiary/aromatic N) is 1. The van der Waals surface area contributed by atoms with Crippen LogP contribution in [0.4, 0.5) is 13.2 Å².